The highest BCUT2D eigenvalue weighted by atomic mass is 79.9. The molecule has 2 N–H and O–H groups in total. The van der Waals surface area contributed by atoms with E-state index in [1.165, 1.54) is 4.68 Å². The van der Waals surface area contributed by atoms with Crippen molar-refractivity contribution in [2.24, 2.45) is 7.05 Å². The number of fused-ring (bicyclic) bond motifs is 1. The molecule has 2 heterocycles. The number of hydrogen-bond donors (Lipinski definition) is 2. The van der Waals surface area contributed by atoms with Gasteiger partial charge in [0, 0.05) is 23.8 Å². The normalized spacial score (nSPS) is 17.4. The van der Waals surface area contributed by atoms with Crippen molar-refractivity contribution in [2.45, 2.75) is 18.9 Å². The van der Waals surface area contributed by atoms with Gasteiger partial charge >= 0.3 is 11.7 Å². The van der Waals surface area contributed by atoms with E-state index in [2.05, 4.69) is 26.0 Å². The molecular formula is C14H15BrN4O3. The average molecular weight is 367 g/mol. The van der Waals surface area contributed by atoms with Crippen LogP contribution in [0, 0.1) is 0 Å². The molecule has 0 radical (unpaired) electrons. The molecule has 22 heavy (non-hydrogen) atoms. The van der Waals surface area contributed by atoms with Gasteiger partial charge in [0.05, 0.1) is 12.5 Å². The molecule has 0 saturated carbocycles. The largest absolute Gasteiger partial charge is 0.481 e. The van der Waals surface area contributed by atoms with E-state index in [1.54, 1.807) is 7.05 Å². The molecule has 0 fully saturated rings. The zero-order chi connectivity index (χ0) is 15.9. The molecule has 116 valence electrons. The van der Waals surface area contributed by atoms with E-state index < -0.39 is 11.9 Å². The monoisotopic (exact) mass is 366 g/mol. The Morgan fingerprint density at radius 1 is 1.55 bits per heavy atom. The maximum absolute atomic E-state index is 11.5. The minimum Gasteiger partial charge on any atom is -0.481 e. The van der Waals surface area contributed by atoms with Crippen LogP contribution in [0.5, 0.6) is 0 Å². The van der Waals surface area contributed by atoms with Crippen molar-refractivity contribution in [2.75, 3.05) is 11.4 Å². The van der Waals surface area contributed by atoms with E-state index in [-0.39, 0.29) is 5.69 Å². The Morgan fingerprint density at radius 3 is 2.95 bits per heavy atom. The third kappa shape index (κ3) is 2.66. The Hall–Kier alpha value is -2.09. The van der Waals surface area contributed by atoms with Gasteiger partial charge in [-0.2, -0.15) is 5.10 Å². The van der Waals surface area contributed by atoms with Crippen molar-refractivity contribution in [3.8, 4) is 0 Å². The fourth-order valence-electron chi connectivity index (χ4n) is 2.78. The predicted molar refractivity (Wildman–Crippen MR) is 84.0 cm³/mol. The molecule has 0 spiro atoms. The molecule has 0 amide bonds. The van der Waals surface area contributed by atoms with E-state index in [4.69, 9.17) is 0 Å². The van der Waals surface area contributed by atoms with Crippen LogP contribution in [0.3, 0.4) is 0 Å². The number of carboxylic acids is 1. The van der Waals surface area contributed by atoms with E-state index in [0.717, 1.165) is 15.7 Å². The number of aromatic nitrogens is 3. The molecule has 1 unspecified atom stereocenters. The van der Waals surface area contributed by atoms with Crippen molar-refractivity contribution in [3.63, 3.8) is 0 Å². The van der Waals surface area contributed by atoms with Crippen LogP contribution in [-0.4, -0.2) is 32.4 Å². The van der Waals surface area contributed by atoms with Crippen molar-refractivity contribution in [3.05, 3.63) is 44.5 Å². The molecule has 1 aromatic heterocycles. The molecule has 1 atom stereocenters. The highest BCUT2D eigenvalue weighted by Crippen LogP contribution is 2.37. The van der Waals surface area contributed by atoms with Crippen LogP contribution in [0.25, 0.3) is 0 Å². The van der Waals surface area contributed by atoms with Gasteiger partial charge in [-0.1, -0.05) is 15.9 Å². The lowest BCUT2D eigenvalue weighted by molar-refractivity contribution is -0.139. The number of hydrogen-bond acceptors (Lipinski definition) is 4. The first-order valence-corrected chi connectivity index (χ1v) is 7.64. The van der Waals surface area contributed by atoms with Crippen LogP contribution in [0.2, 0.25) is 0 Å². The highest BCUT2D eigenvalue weighted by molar-refractivity contribution is 9.10. The maximum atomic E-state index is 11.5. The minimum absolute atomic E-state index is 0.258. The van der Waals surface area contributed by atoms with Crippen LogP contribution in [0.4, 0.5) is 5.69 Å². The van der Waals surface area contributed by atoms with Crippen LogP contribution >= 0.6 is 15.9 Å². The number of benzene rings is 1. The van der Waals surface area contributed by atoms with E-state index in [9.17, 15) is 14.7 Å². The molecule has 7 nitrogen and oxygen atoms in total. The number of nitrogens with zero attached hydrogens (tertiary/aromatic N) is 3. The molecule has 1 aliphatic rings. The molecule has 3 rings (SSSR count). The first kappa shape index (κ1) is 14.8. The summed E-state index contributed by atoms with van der Waals surface area (Å²) in [6.07, 6.45) is 0.524. The molecule has 2 aromatic rings. The second kappa shape index (κ2) is 5.60. The van der Waals surface area contributed by atoms with Crippen molar-refractivity contribution in [1.82, 2.24) is 14.8 Å². The molecule has 1 aromatic carbocycles. The van der Waals surface area contributed by atoms with Crippen LogP contribution in [-0.2, 0) is 18.4 Å². The third-order valence-corrected chi connectivity index (χ3v) is 4.34. The first-order valence-electron chi connectivity index (χ1n) is 6.85. The Morgan fingerprint density at radius 2 is 2.32 bits per heavy atom. The fourth-order valence-corrected chi connectivity index (χ4v) is 3.16. The number of H-pyrrole nitrogens is 1. The van der Waals surface area contributed by atoms with Gasteiger partial charge in [0.25, 0.3) is 0 Å². The van der Waals surface area contributed by atoms with Gasteiger partial charge in [0.1, 0.15) is 0 Å². The first-order chi connectivity index (χ1) is 10.5. The number of carbonyl (C=O) groups is 1. The Labute approximate surface area is 134 Å². The van der Waals surface area contributed by atoms with Gasteiger partial charge in [0.2, 0.25) is 0 Å². The summed E-state index contributed by atoms with van der Waals surface area (Å²) in [5.74, 6) is -0.757. The van der Waals surface area contributed by atoms with Gasteiger partial charge < -0.3 is 10.0 Å². The second-order valence-electron chi connectivity index (χ2n) is 5.30. The van der Waals surface area contributed by atoms with Gasteiger partial charge in [-0.15, -0.1) is 0 Å². The number of nitrogens with one attached hydrogen (secondary N) is 1. The molecule has 0 aliphatic carbocycles. The second-order valence-corrected chi connectivity index (χ2v) is 6.22. The molecular weight excluding hydrogens is 352 g/mol. The van der Waals surface area contributed by atoms with E-state index in [1.807, 2.05) is 23.1 Å². The quantitative estimate of drug-likeness (QED) is 0.857. The summed E-state index contributed by atoms with van der Waals surface area (Å²) in [5, 5.41) is 13.5. The van der Waals surface area contributed by atoms with Gasteiger partial charge in [-0.3, -0.25) is 9.78 Å². The zero-order valence-corrected chi connectivity index (χ0v) is 13.5. The fraction of sp³-hybridized carbons (Fsp3) is 0.357. The topological polar surface area (TPSA) is 91.2 Å². The SMILES string of the molecule is Cn1nc(CN2CCC(C(=O)O)c3cc(Br)ccc32)[nH]c1=O. The average Bonchev–Trinajstić information content (AvgIpc) is 2.76. The molecule has 0 bridgehead atoms. The van der Waals surface area contributed by atoms with Crippen LogP contribution < -0.4 is 10.6 Å². The van der Waals surface area contributed by atoms with Gasteiger partial charge in [-0.05, 0) is 30.2 Å². The van der Waals surface area contributed by atoms with Crippen LogP contribution in [0.15, 0.2) is 27.5 Å². The summed E-state index contributed by atoms with van der Waals surface area (Å²) in [4.78, 5) is 27.6. The van der Waals surface area contributed by atoms with Crippen LogP contribution in [0.1, 0.15) is 23.7 Å². The minimum atomic E-state index is -0.815. The summed E-state index contributed by atoms with van der Waals surface area (Å²) in [5.41, 5.74) is 1.39. The van der Waals surface area contributed by atoms with Gasteiger partial charge in [-0.25, -0.2) is 9.48 Å². The summed E-state index contributed by atoms with van der Waals surface area (Å²) in [6, 6.07) is 5.63. The lowest BCUT2D eigenvalue weighted by atomic mass is 9.90. The lowest BCUT2D eigenvalue weighted by Crippen LogP contribution is -2.33. The van der Waals surface area contributed by atoms with E-state index >= 15 is 0 Å². The molecule has 8 heteroatoms. The highest BCUT2D eigenvalue weighted by Gasteiger charge is 2.30. The Kier molecular flexibility index (Phi) is 3.78. The van der Waals surface area contributed by atoms with E-state index in [0.29, 0.717) is 25.3 Å². The van der Waals surface area contributed by atoms with Crippen molar-refractivity contribution in [1.29, 1.82) is 0 Å². The smallest absolute Gasteiger partial charge is 0.343 e. The van der Waals surface area contributed by atoms with Gasteiger partial charge in [0.15, 0.2) is 5.82 Å². The summed E-state index contributed by atoms with van der Waals surface area (Å²) >= 11 is 3.39. The Balaban J connectivity index is 1.95. The zero-order valence-electron chi connectivity index (χ0n) is 11.9. The van der Waals surface area contributed by atoms with Crippen molar-refractivity contribution >= 4 is 27.6 Å². The summed E-state index contributed by atoms with van der Waals surface area (Å²) in [7, 11) is 1.59. The standard InChI is InChI=1S/C14H15BrN4O3/c1-18-14(22)16-12(17-18)7-19-5-4-9(13(20)21)10-6-8(15)2-3-11(10)19/h2-3,6,9H,4-5,7H2,1H3,(H,20,21)(H,16,17,22). The lowest BCUT2D eigenvalue weighted by Gasteiger charge is -2.33. The number of aliphatic carboxylic acids is 1. The number of rotatable bonds is 3. The van der Waals surface area contributed by atoms with Crippen molar-refractivity contribution < 1.29 is 9.90 Å². The summed E-state index contributed by atoms with van der Waals surface area (Å²) < 4.78 is 2.10. The number of carboxylic acid groups (broad SMARTS) is 1. The maximum Gasteiger partial charge on any atom is 0.343 e. The number of aryl methyl sites for hydroxylation is 1. The predicted octanol–water partition coefficient (Wildman–Crippen LogP) is 1.45. The molecule has 1 aliphatic heterocycles. The molecule has 0 saturated heterocycles. The summed E-state index contributed by atoms with van der Waals surface area (Å²) in [6.45, 7) is 1.04. The number of aromatic amines is 1. The third-order valence-electron chi connectivity index (χ3n) is 3.85. The number of halogens is 1. The number of anilines is 1. The Bertz CT molecular complexity index is 783.